The summed E-state index contributed by atoms with van der Waals surface area (Å²) >= 11 is 12.7. The Labute approximate surface area is 160 Å². The number of aryl methyl sites for hydroxylation is 1. The number of nitrogens with one attached hydrogen (secondary N) is 2. The van der Waals surface area contributed by atoms with E-state index in [4.69, 9.17) is 27.9 Å². The fraction of sp³-hybridized carbons (Fsp3) is 0.263. The lowest BCUT2D eigenvalue weighted by Gasteiger charge is -2.28. The molecule has 1 unspecified atom stereocenters. The van der Waals surface area contributed by atoms with Crippen molar-refractivity contribution < 1.29 is 14.3 Å². The summed E-state index contributed by atoms with van der Waals surface area (Å²) in [4.78, 5) is 29.2. The number of carbonyl (C=O) groups is 2. The molecule has 134 valence electrons. The molecule has 7 heteroatoms. The van der Waals surface area contributed by atoms with Gasteiger partial charge in [-0.1, -0.05) is 41.4 Å². The van der Waals surface area contributed by atoms with Gasteiger partial charge in [0.2, 0.25) is 11.6 Å². The number of aromatic amines is 1. The normalized spacial score (nSPS) is 21.9. The van der Waals surface area contributed by atoms with Crippen LogP contribution in [0.5, 0.6) is 0 Å². The zero-order valence-electron chi connectivity index (χ0n) is 14.0. The molecule has 0 amide bonds. The van der Waals surface area contributed by atoms with Crippen LogP contribution >= 0.6 is 23.2 Å². The molecule has 1 aromatic heterocycles. The van der Waals surface area contributed by atoms with Gasteiger partial charge in [0, 0.05) is 35.2 Å². The molecule has 2 N–H and O–H groups in total. The van der Waals surface area contributed by atoms with Gasteiger partial charge < -0.3 is 15.0 Å². The molecule has 2 heterocycles. The summed E-state index contributed by atoms with van der Waals surface area (Å²) in [5.41, 5.74) is 2.51. The summed E-state index contributed by atoms with van der Waals surface area (Å²) in [7, 11) is 0. The van der Waals surface area contributed by atoms with Crippen LogP contribution in [0.15, 0.2) is 39.9 Å². The fourth-order valence-corrected chi connectivity index (χ4v) is 4.11. The van der Waals surface area contributed by atoms with Crippen molar-refractivity contribution in [1.82, 2.24) is 10.3 Å². The second-order valence-electron chi connectivity index (χ2n) is 6.31. The van der Waals surface area contributed by atoms with E-state index in [1.165, 1.54) is 0 Å². The molecule has 2 aliphatic rings. The third kappa shape index (κ3) is 2.63. The van der Waals surface area contributed by atoms with Crippen molar-refractivity contribution in [1.29, 1.82) is 0 Å². The Morgan fingerprint density at radius 3 is 2.62 bits per heavy atom. The molecule has 5 nitrogen and oxygen atoms in total. The summed E-state index contributed by atoms with van der Waals surface area (Å²) in [5, 5.41) is 3.72. The second kappa shape index (κ2) is 6.67. The molecule has 4 rings (SSSR count). The van der Waals surface area contributed by atoms with Crippen molar-refractivity contribution in [2.24, 2.45) is 0 Å². The van der Waals surface area contributed by atoms with Crippen molar-refractivity contribution in [2.45, 2.75) is 13.0 Å². The van der Waals surface area contributed by atoms with E-state index < -0.39 is 17.7 Å². The standard InChI is InChI=1S/C19H16Cl2N2O3/c1-9-13(10-4-2-3-5-11(10)23-9)15-17(21)18(24)14(16(20)19(15)25)12-8-22-6-7-26-12/h2-5,12,22-23H,6-8H2,1H3. The predicted octanol–water partition coefficient (Wildman–Crippen LogP) is 3.06. The average molecular weight is 391 g/mol. The Balaban J connectivity index is 1.86. The van der Waals surface area contributed by atoms with Gasteiger partial charge in [0.25, 0.3) is 0 Å². The topological polar surface area (TPSA) is 71.2 Å². The number of ketones is 2. The molecule has 1 atom stereocenters. The van der Waals surface area contributed by atoms with Gasteiger partial charge in [0.1, 0.15) is 11.1 Å². The molecule has 26 heavy (non-hydrogen) atoms. The molecule has 0 spiro atoms. The highest BCUT2D eigenvalue weighted by Crippen LogP contribution is 2.40. The Hall–Kier alpha value is -1.92. The lowest BCUT2D eigenvalue weighted by atomic mass is 9.88. The van der Waals surface area contributed by atoms with E-state index in [9.17, 15) is 9.59 Å². The summed E-state index contributed by atoms with van der Waals surface area (Å²) in [6.45, 7) is 3.38. The maximum absolute atomic E-state index is 13.1. The Morgan fingerprint density at radius 1 is 1.12 bits per heavy atom. The van der Waals surface area contributed by atoms with Crippen LogP contribution in [0.1, 0.15) is 11.3 Å². The maximum atomic E-state index is 13.1. The van der Waals surface area contributed by atoms with E-state index in [2.05, 4.69) is 10.3 Å². The number of morpholine rings is 1. The highest BCUT2D eigenvalue weighted by molar-refractivity contribution is 6.63. The molecule has 1 aliphatic heterocycles. The number of halogens is 2. The first-order valence-corrected chi connectivity index (χ1v) is 9.05. The van der Waals surface area contributed by atoms with Crippen LogP contribution in [0, 0.1) is 6.92 Å². The van der Waals surface area contributed by atoms with E-state index in [1.807, 2.05) is 31.2 Å². The van der Waals surface area contributed by atoms with E-state index in [0.29, 0.717) is 25.3 Å². The first kappa shape index (κ1) is 17.5. The van der Waals surface area contributed by atoms with Gasteiger partial charge in [-0.2, -0.15) is 0 Å². The molecule has 0 radical (unpaired) electrons. The van der Waals surface area contributed by atoms with E-state index in [-0.39, 0.29) is 21.2 Å². The van der Waals surface area contributed by atoms with Gasteiger partial charge in [-0.25, -0.2) is 0 Å². The van der Waals surface area contributed by atoms with Crippen LogP contribution in [-0.2, 0) is 14.3 Å². The third-order valence-corrected chi connectivity index (χ3v) is 5.46. The lowest BCUT2D eigenvalue weighted by molar-refractivity contribution is -0.115. The second-order valence-corrected chi connectivity index (χ2v) is 7.06. The number of carbonyl (C=O) groups excluding carboxylic acids is 2. The molecule has 1 aromatic carbocycles. The molecular weight excluding hydrogens is 375 g/mol. The summed E-state index contributed by atoms with van der Waals surface area (Å²) in [5.74, 6) is -0.905. The minimum absolute atomic E-state index is 0.114. The number of Topliss-reactive ketones (excluding diaryl/α,β-unsaturated/α-hetero) is 2. The monoisotopic (exact) mass is 390 g/mol. The minimum atomic E-state index is -0.577. The van der Waals surface area contributed by atoms with Crippen LogP contribution in [0.25, 0.3) is 16.5 Å². The Kier molecular flexibility index (Phi) is 4.49. The van der Waals surface area contributed by atoms with Crippen molar-refractivity contribution in [3.8, 4) is 0 Å². The van der Waals surface area contributed by atoms with Crippen LogP contribution < -0.4 is 5.32 Å². The average Bonchev–Trinajstić information content (AvgIpc) is 2.98. The Bertz CT molecular complexity index is 997. The van der Waals surface area contributed by atoms with E-state index >= 15 is 0 Å². The number of H-pyrrole nitrogens is 1. The molecule has 1 aliphatic carbocycles. The molecular formula is C19H16Cl2N2O3. The summed E-state index contributed by atoms with van der Waals surface area (Å²) in [6.07, 6.45) is -0.577. The van der Waals surface area contributed by atoms with Gasteiger partial charge >= 0.3 is 0 Å². The summed E-state index contributed by atoms with van der Waals surface area (Å²) in [6, 6.07) is 7.54. The lowest BCUT2D eigenvalue weighted by Crippen LogP contribution is -2.42. The predicted molar refractivity (Wildman–Crippen MR) is 101 cm³/mol. The number of allylic oxidation sites excluding steroid dienone is 3. The highest BCUT2D eigenvalue weighted by Gasteiger charge is 2.39. The largest absolute Gasteiger partial charge is 0.371 e. The number of fused-ring (bicyclic) bond motifs is 1. The van der Waals surface area contributed by atoms with Gasteiger partial charge in [-0.3, -0.25) is 9.59 Å². The maximum Gasteiger partial charge on any atom is 0.207 e. The van der Waals surface area contributed by atoms with Gasteiger partial charge in [-0.05, 0) is 13.0 Å². The smallest absolute Gasteiger partial charge is 0.207 e. The quantitative estimate of drug-likeness (QED) is 0.772. The van der Waals surface area contributed by atoms with Gasteiger partial charge in [0.05, 0.1) is 22.8 Å². The van der Waals surface area contributed by atoms with E-state index in [0.717, 1.165) is 16.6 Å². The number of rotatable bonds is 2. The highest BCUT2D eigenvalue weighted by atomic mass is 35.5. The number of ether oxygens (including phenoxy) is 1. The molecule has 2 aromatic rings. The van der Waals surface area contributed by atoms with Crippen molar-refractivity contribution in [3.05, 3.63) is 51.2 Å². The zero-order chi connectivity index (χ0) is 18.4. The van der Waals surface area contributed by atoms with Crippen molar-refractivity contribution >= 4 is 51.2 Å². The van der Waals surface area contributed by atoms with Crippen LogP contribution in [0.2, 0.25) is 0 Å². The van der Waals surface area contributed by atoms with Crippen LogP contribution in [0.3, 0.4) is 0 Å². The summed E-state index contributed by atoms with van der Waals surface area (Å²) < 4.78 is 5.61. The molecule has 1 saturated heterocycles. The van der Waals surface area contributed by atoms with Crippen molar-refractivity contribution in [2.75, 3.05) is 19.7 Å². The first-order valence-electron chi connectivity index (χ1n) is 8.29. The van der Waals surface area contributed by atoms with Crippen molar-refractivity contribution in [3.63, 3.8) is 0 Å². The first-order chi connectivity index (χ1) is 12.5. The molecule has 0 bridgehead atoms. The third-order valence-electron chi connectivity index (χ3n) is 4.72. The SMILES string of the molecule is Cc1[nH]c2ccccc2c1C1=C(Cl)C(=O)C(C2CNCCO2)=C(Cl)C1=O. The molecule has 0 saturated carbocycles. The van der Waals surface area contributed by atoms with E-state index in [1.54, 1.807) is 0 Å². The van der Waals surface area contributed by atoms with Crippen LogP contribution in [0.4, 0.5) is 0 Å². The van der Waals surface area contributed by atoms with Gasteiger partial charge in [0.15, 0.2) is 0 Å². The molecule has 1 fully saturated rings. The zero-order valence-corrected chi connectivity index (χ0v) is 15.5. The number of aromatic nitrogens is 1. The number of hydrogen-bond acceptors (Lipinski definition) is 4. The number of benzene rings is 1. The van der Waals surface area contributed by atoms with Crippen LogP contribution in [-0.4, -0.2) is 42.4 Å². The fourth-order valence-electron chi connectivity index (χ4n) is 3.52. The number of para-hydroxylation sites is 1. The minimum Gasteiger partial charge on any atom is -0.371 e. The number of hydrogen-bond donors (Lipinski definition) is 2. The van der Waals surface area contributed by atoms with Gasteiger partial charge in [-0.15, -0.1) is 0 Å². The Morgan fingerprint density at radius 2 is 1.88 bits per heavy atom.